The van der Waals surface area contributed by atoms with Crippen molar-refractivity contribution in [1.29, 1.82) is 0 Å². The van der Waals surface area contributed by atoms with Crippen LogP contribution in [0.3, 0.4) is 0 Å². The summed E-state index contributed by atoms with van der Waals surface area (Å²) >= 11 is 3.94. The van der Waals surface area contributed by atoms with Gasteiger partial charge in [-0.15, -0.1) is 23.1 Å². The van der Waals surface area contributed by atoms with Crippen LogP contribution in [0.15, 0.2) is 15.7 Å². The van der Waals surface area contributed by atoms with Gasteiger partial charge in [-0.1, -0.05) is 20.3 Å². The average molecular weight is 241 g/mol. The van der Waals surface area contributed by atoms with E-state index < -0.39 is 0 Å². The van der Waals surface area contributed by atoms with E-state index in [4.69, 9.17) is 0 Å². The second-order valence-electron chi connectivity index (χ2n) is 4.19. The van der Waals surface area contributed by atoms with Crippen LogP contribution in [-0.2, 0) is 0 Å². The summed E-state index contributed by atoms with van der Waals surface area (Å²) in [6.45, 7) is 5.74. The monoisotopic (exact) mass is 241 g/mol. The third-order valence-electron chi connectivity index (χ3n) is 2.83. The zero-order valence-corrected chi connectivity index (χ0v) is 11.1. The predicted molar refractivity (Wildman–Crippen MR) is 69.9 cm³/mol. The van der Waals surface area contributed by atoms with Gasteiger partial charge in [-0.3, -0.25) is 0 Å². The van der Waals surface area contributed by atoms with Gasteiger partial charge >= 0.3 is 0 Å². The summed E-state index contributed by atoms with van der Waals surface area (Å²) in [6, 6.07) is 2.90. The first kappa shape index (κ1) is 11.5. The fourth-order valence-corrected chi connectivity index (χ4v) is 4.56. The third-order valence-corrected chi connectivity index (χ3v) is 5.17. The first-order valence-corrected chi connectivity index (χ1v) is 7.54. The molecule has 1 aliphatic heterocycles. The second kappa shape index (κ2) is 5.37. The maximum Gasteiger partial charge on any atom is 0.0649 e. The standard InChI is InChI=1S/C12H19NS2/c1-3-4-6-13-11-8-9(2)15-12-10(11)5-7-14-12/h5,7,9,11,13H,3-4,6,8H2,1-2H3/t9-,11?/m0/s1. The van der Waals surface area contributed by atoms with Crippen molar-refractivity contribution in [3.8, 4) is 0 Å². The van der Waals surface area contributed by atoms with E-state index in [0.717, 1.165) is 11.8 Å². The van der Waals surface area contributed by atoms with Crippen LogP contribution in [0.2, 0.25) is 0 Å². The molecular formula is C12H19NS2. The molecule has 0 saturated heterocycles. The van der Waals surface area contributed by atoms with Gasteiger partial charge in [0, 0.05) is 11.3 Å². The summed E-state index contributed by atoms with van der Waals surface area (Å²) in [5.41, 5.74) is 1.54. The van der Waals surface area contributed by atoms with Gasteiger partial charge < -0.3 is 5.32 Å². The molecule has 0 spiro atoms. The molecule has 1 aromatic heterocycles. The van der Waals surface area contributed by atoms with E-state index in [2.05, 4.69) is 30.6 Å². The van der Waals surface area contributed by atoms with E-state index in [-0.39, 0.29) is 0 Å². The molecule has 0 aromatic carbocycles. The van der Waals surface area contributed by atoms with Crippen molar-refractivity contribution in [3.05, 3.63) is 17.0 Å². The van der Waals surface area contributed by atoms with E-state index in [1.165, 1.54) is 23.5 Å². The quantitative estimate of drug-likeness (QED) is 0.798. The Labute approximate surface area is 101 Å². The zero-order chi connectivity index (χ0) is 10.7. The fourth-order valence-electron chi connectivity index (χ4n) is 2.00. The van der Waals surface area contributed by atoms with Crippen molar-refractivity contribution in [2.24, 2.45) is 0 Å². The molecule has 2 rings (SSSR count). The highest BCUT2D eigenvalue weighted by atomic mass is 32.2. The number of hydrogen-bond acceptors (Lipinski definition) is 3. The van der Waals surface area contributed by atoms with Gasteiger partial charge in [-0.2, -0.15) is 0 Å². The number of hydrogen-bond donors (Lipinski definition) is 1. The van der Waals surface area contributed by atoms with Crippen molar-refractivity contribution in [2.45, 2.75) is 48.6 Å². The molecule has 0 aliphatic carbocycles. The first-order chi connectivity index (χ1) is 7.31. The van der Waals surface area contributed by atoms with E-state index in [1.807, 2.05) is 23.1 Å². The van der Waals surface area contributed by atoms with E-state index in [0.29, 0.717) is 6.04 Å². The lowest BCUT2D eigenvalue weighted by Gasteiger charge is -2.27. The number of unbranched alkanes of at least 4 members (excludes halogenated alkanes) is 1. The van der Waals surface area contributed by atoms with E-state index >= 15 is 0 Å². The minimum atomic E-state index is 0.606. The summed E-state index contributed by atoms with van der Waals surface area (Å²) in [7, 11) is 0. The van der Waals surface area contributed by atoms with Crippen LogP contribution < -0.4 is 5.32 Å². The van der Waals surface area contributed by atoms with Gasteiger partial charge in [0.05, 0.1) is 4.21 Å². The number of fused-ring (bicyclic) bond motifs is 1. The van der Waals surface area contributed by atoms with Gasteiger partial charge in [0.15, 0.2) is 0 Å². The van der Waals surface area contributed by atoms with E-state index in [1.54, 1.807) is 5.56 Å². The molecule has 0 saturated carbocycles. The molecule has 2 heterocycles. The van der Waals surface area contributed by atoms with E-state index in [9.17, 15) is 0 Å². The lowest BCUT2D eigenvalue weighted by Crippen LogP contribution is -2.27. The Morgan fingerprint density at radius 3 is 3.20 bits per heavy atom. The summed E-state index contributed by atoms with van der Waals surface area (Å²) in [6.07, 6.45) is 3.84. The highest BCUT2D eigenvalue weighted by molar-refractivity contribution is 8.01. The van der Waals surface area contributed by atoms with Crippen LogP contribution in [0.25, 0.3) is 0 Å². The molecule has 0 radical (unpaired) electrons. The number of rotatable bonds is 4. The van der Waals surface area contributed by atoms with Gasteiger partial charge in [0.1, 0.15) is 0 Å². The van der Waals surface area contributed by atoms with Crippen LogP contribution >= 0.6 is 23.1 Å². The van der Waals surface area contributed by atoms with Crippen molar-refractivity contribution in [3.63, 3.8) is 0 Å². The van der Waals surface area contributed by atoms with Crippen molar-refractivity contribution < 1.29 is 0 Å². The first-order valence-electron chi connectivity index (χ1n) is 5.78. The average Bonchev–Trinajstić information content (AvgIpc) is 2.65. The van der Waals surface area contributed by atoms with Crippen molar-refractivity contribution >= 4 is 23.1 Å². The number of thioether (sulfide) groups is 1. The second-order valence-corrected chi connectivity index (χ2v) is 6.81. The molecule has 3 heteroatoms. The molecule has 0 fully saturated rings. The zero-order valence-electron chi connectivity index (χ0n) is 9.45. The Morgan fingerprint density at radius 2 is 2.40 bits per heavy atom. The maximum absolute atomic E-state index is 3.69. The predicted octanol–water partition coefficient (Wildman–Crippen LogP) is 4.06. The molecule has 1 aliphatic rings. The topological polar surface area (TPSA) is 12.0 Å². The molecule has 1 N–H and O–H groups in total. The lowest BCUT2D eigenvalue weighted by atomic mass is 10.0. The van der Waals surface area contributed by atoms with Crippen LogP contribution in [0.1, 0.15) is 44.7 Å². The Bertz CT molecular complexity index is 308. The van der Waals surface area contributed by atoms with Gasteiger partial charge in [-0.05, 0) is 36.4 Å². The molecular weight excluding hydrogens is 222 g/mol. The Balaban J connectivity index is 2.00. The molecule has 0 amide bonds. The highest BCUT2D eigenvalue weighted by Gasteiger charge is 2.25. The van der Waals surface area contributed by atoms with Crippen molar-refractivity contribution in [2.75, 3.05) is 6.54 Å². The van der Waals surface area contributed by atoms with Gasteiger partial charge in [0.2, 0.25) is 0 Å². The van der Waals surface area contributed by atoms with Crippen LogP contribution in [0.5, 0.6) is 0 Å². The van der Waals surface area contributed by atoms with Crippen LogP contribution in [0, 0.1) is 0 Å². The Hall–Kier alpha value is 0.0100. The minimum Gasteiger partial charge on any atom is -0.310 e. The molecule has 1 unspecified atom stereocenters. The molecule has 0 bridgehead atoms. The Kier molecular flexibility index (Phi) is 4.12. The fraction of sp³-hybridized carbons (Fsp3) is 0.667. The normalized spacial score (nSPS) is 25.2. The molecule has 1 nitrogen and oxygen atoms in total. The maximum atomic E-state index is 3.69. The number of nitrogens with one attached hydrogen (secondary N) is 1. The Morgan fingerprint density at radius 1 is 1.53 bits per heavy atom. The summed E-state index contributed by atoms with van der Waals surface area (Å²) < 4.78 is 1.53. The molecule has 2 atom stereocenters. The largest absolute Gasteiger partial charge is 0.310 e. The highest BCUT2D eigenvalue weighted by Crippen LogP contribution is 2.43. The molecule has 15 heavy (non-hydrogen) atoms. The van der Waals surface area contributed by atoms with Crippen LogP contribution in [0.4, 0.5) is 0 Å². The third kappa shape index (κ3) is 2.77. The molecule has 84 valence electrons. The smallest absolute Gasteiger partial charge is 0.0649 e. The summed E-state index contributed by atoms with van der Waals surface area (Å²) in [4.78, 5) is 0. The SMILES string of the molecule is CCCCNC1C[C@H](C)Sc2sccc21. The minimum absolute atomic E-state index is 0.606. The lowest BCUT2D eigenvalue weighted by molar-refractivity contribution is 0.481. The molecule has 1 aromatic rings. The van der Waals surface area contributed by atoms with Gasteiger partial charge in [-0.25, -0.2) is 0 Å². The summed E-state index contributed by atoms with van der Waals surface area (Å²) in [5, 5.41) is 6.67. The number of thiophene rings is 1. The van der Waals surface area contributed by atoms with Gasteiger partial charge in [0.25, 0.3) is 0 Å². The summed E-state index contributed by atoms with van der Waals surface area (Å²) in [5.74, 6) is 0. The van der Waals surface area contributed by atoms with Crippen LogP contribution in [-0.4, -0.2) is 11.8 Å². The van der Waals surface area contributed by atoms with Crippen molar-refractivity contribution in [1.82, 2.24) is 5.32 Å².